The molecule has 0 bridgehead atoms. The lowest BCUT2D eigenvalue weighted by Gasteiger charge is -2.24. The second-order valence-corrected chi connectivity index (χ2v) is 6.03. The predicted octanol–water partition coefficient (Wildman–Crippen LogP) is 3.61. The number of rotatable bonds is 12. The standard InChI is InChI=1S/C14H28N4O6/c1-5-9-13(10-6-2,17(21)22)15(19)16(20)14(11-7-3,12-8-4)18(23)24/h5-12H2,1-4H3/b16-15+. The van der Waals surface area contributed by atoms with Gasteiger partial charge in [-0.25, -0.2) is 0 Å². The van der Waals surface area contributed by atoms with Gasteiger partial charge < -0.3 is 10.4 Å². The van der Waals surface area contributed by atoms with Crippen molar-refractivity contribution in [2.24, 2.45) is 0 Å². The van der Waals surface area contributed by atoms with E-state index in [9.17, 15) is 30.6 Å². The van der Waals surface area contributed by atoms with Crippen molar-refractivity contribution >= 4 is 0 Å². The highest BCUT2D eigenvalue weighted by atomic mass is 16.7. The lowest BCUT2D eigenvalue weighted by molar-refractivity contribution is -1.11. The molecule has 0 radical (unpaired) electrons. The molecule has 140 valence electrons. The van der Waals surface area contributed by atoms with Crippen molar-refractivity contribution in [1.29, 1.82) is 0 Å². The Balaban J connectivity index is 6.45. The topological polar surface area (TPSA) is 138 Å². The SMILES string of the molecule is CCCC(CCC)([N+](=O)[O-])/[N+]([O-])=[N+](\[O-])C(CCC)(CCC)[N+](=O)[O-]. The smallest absolute Gasteiger partial charge is 0.472 e. The van der Waals surface area contributed by atoms with Crippen molar-refractivity contribution in [3.05, 3.63) is 30.6 Å². The molecule has 0 aliphatic carbocycles. The van der Waals surface area contributed by atoms with E-state index in [0.29, 0.717) is 25.7 Å². The molecule has 0 aliphatic heterocycles. The molecule has 0 rings (SSSR count). The van der Waals surface area contributed by atoms with Crippen molar-refractivity contribution in [2.45, 2.75) is 90.4 Å². The zero-order chi connectivity index (χ0) is 19.0. The molecule has 0 saturated heterocycles. The van der Waals surface area contributed by atoms with Gasteiger partial charge in [-0.2, -0.15) is 0 Å². The van der Waals surface area contributed by atoms with E-state index in [1.807, 2.05) is 0 Å². The second-order valence-electron chi connectivity index (χ2n) is 6.03. The first-order valence-electron chi connectivity index (χ1n) is 8.43. The normalized spacial score (nSPS) is 13.5. The summed E-state index contributed by atoms with van der Waals surface area (Å²) in [4.78, 5) is 21.1. The minimum atomic E-state index is -2.17. The highest BCUT2D eigenvalue weighted by Crippen LogP contribution is 2.30. The van der Waals surface area contributed by atoms with Gasteiger partial charge in [-0.05, 0) is 25.7 Å². The Labute approximate surface area is 141 Å². The number of azo groups is 1. The molecule has 0 amide bonds. The van der Waals surface area contributed by atoms with E-state index in [0.717, 1.165) is 0 Å². The van der Waals surface area contributed by atoms with Gasteiger partial charge in [0.25, 0.3) is 0 Å². The first-order chi connectivity index (χ1) is 11.2. The summed E-state index contributed by atoms with van der Waals surface area (Å²) < 4.78 is 0. The van der Waals surface area contributed by atoms with Gasteiger partial charge in [0.15, 0.2) is 0 Å². The van der Waals surface area contributed by atoms with Crippen LogP contribution in [0.15, 0.2) is 0 Å². The zero-order valence-corrected chi connectivity index (χ0v) is 14.9. The fraction of sp³-hybridized carbons (Fsp3) is 1.00. The minimum absolute atomic E-state index is 0.151. The first kappa shape index (κ1) is 22.0. The lowest BCUT2D eigenvalue weighted by Crippen LogP contribution is -2.57. The van der Waals surface area contributed by atoms with E-state index in [-0.39, 0.29) is 35.4 Å². The van der Waals surface area contributed by atoms with Crippen LogP contribution < -0.4 is 0 Å². The number of hydrogen-bond acceptors (Lipinski definition) is 6. The largest absolute Gasteiger partial charge is 0.561 e. The molecule has 0 spiro atoms. The molecule has 0 saturated carbocycles. The van der Waals surface area contributed by atoms with E-state index in [4.69, 9.17) is 0 Å². The maximum atomic E-state index is 12.7. The molecule has 10 heteroatoms. The average Bonchev–Trinajstić information content (AvgIpc) is 2.52. The summed E-state index contributed by atoms with van der Waals surface area (Å²) in [5, 5.41) is 48.5. The third-order valence-corrected chi connectivity index (χ3v) is 4.16. The van der Waals surface area contributed by atoms with Crippen LogP contribution in [0.5, 0.6) is 0 Å². The third kappa shape index (κ3) is 4.09. The summed E-state index contributed by atoms with van der Waals surface area (Å²) in [6.45, 7) is 6.65. The summed E-state index contributed by atoms with van der Waals surface area (Å²) in [7, 11) is 0. The zero-order valence-electron chi connectivity index (χ0n) is 14.9. The van der Waals surface area contributed by atoms with Gasteiger partial charge in [-0.1, -0.05) is 27.7 Å². The molecule has 0 fully saturated rings. The van der Waals surface area contributed by atoms with Gasteiger partial charge in [0, 0.05) is 0 Å². The summed E-state index contributed by atoms with van der Waals surface area (Å²) in [5.41, 5.74) is -4.35. The summed E-state index contributed by atoms with van der Waals surface area (Å²) >= 11 is 0. The second kappa shape index (κ2) is 9.33. The van der Waals surface area contributed by atoms with Gasteiger partial charge in [0.1, 0.15) is 19.6 Å². The highest BCUT2D eigenvalue weighted by molar-refractivity contribution is 4.67. The first-order valence-corrected chi connectivity index (χ1v) is 8.43. The van der Waals surface area contributed by atoms with Crippen LogP contribution in [0.4, 0.5) is 0 Å². The minimum Gasteiger partial charge on any atom is -0.561 e. The third-order valence-electron chi connectivity index (χ3n) is 4.16. The summed E-state index contributed by atoms with van der Waals surface area (Å²) in [5.74, 6) is 0. The Bertz CT molecular complexity index is 426. The molecule has 0 aromatic rings. The molecule has 0 heterocycles. The molecule has 24 heavy (non-hydrogen) atoms. The van der Waals surface area contributed by atoms with Crippen LogP contribution >= 0.6 is 0 Å². The lowest BCUT2D eigenvalue weighted by atomic mass is 9.98. The number of nitrogens with zero attached hydrogens (tertiary/aromatic N) is 4. The van der Waals surface area contributed by atoms with E-state index < -0.39 is 21.2 Å². The molecular weight excluding hydrogens is 320 g/mol. The van der Waals surface area contributed by atoms with Crippen LogP contribution in [0, 0.1) is 30.6 Å². The molecule has 0 aromatic carbocycles. The van der Waals surface area contributed by atoms with Crippen LogP contribution in [0.1, 0.15) is 79.1 Å². The molecule has 0 unspecified atom stereocenters. The molecule has 0 N–H and O–H groups in total. The van der Waals surface area contributed by atoms with E-state index >= 15 is 0 Å². The van der Waals surface area contributed by atoms with Gasteiger partial charge in [0.05, 0.1) is 25.7 Å². The number of hydroxylamine groups is 2. The van der Waals surface area contributed by atoms with Crippen molar-refractivity contribution in [3.63, 3.8) is 0 Å². The molecular formula is C14H28N4O6. The Hall–Kier alpha value is -2.00. The van der Waals surface area contributed by atoms with Crippen LogP contribution in [-0.2, 0) is 0 Å². The Morgan fingerprint density at radius 1 is 0.583 bits per heavy atom. The summed E-state index contributed by atoms with van der Waals surface area (Å²) in [6, 6.07) is 0. The Morgan fingerprint density at radius 3 is 0.917 bits per heavy atom. The quantitative estimate of drug-likeness (QED) is 0.173. The summed E-state index contributed by atoms with van der Waals surface area (Å²) in [6.07, 6.45) is 0.622. The van der Waals surface area contributed by atoms with Crippen LogP contribution in [0.3, 0.4) is 0 Å². The van der Waals surface area contributed by atoms with Gasteiger partial charge in [-0.3, -0.25) is 20.2 Å². The van der Waals surface area contributed by atoms with Crippen LogP contribution in [0.25, 0.3) is 0 Å². The highest BCUT2D eigenvalue weighted by Gasteiger charge is 2.63. The molecule has 0 aromatic heterocycles. The van der Waals surface area contributed by atoms with E-state index in [2.05, 4.69) is 0 Å². The monoisotopic (exact) mass is 348 g/mol. The Morgan fingerprint density at radius 2 is 0.792 bits per heavy atom. The maximum Gasteiger partial charge on any atom is 0.472 e. The maximum absolute atomic E-state index is 12.7. The van der Waals surface area contributed by atoms with Crippen molar-refractivity contribution in [1.82, 2.24) is 0 Å². The van der Waals surface area contributed by atoms with Crippen molar-refractivity contribution in [2.75, 3.05) is 0 Å². The molecule has 10 nitrogen and oxygen atoms in total. The average molecular weight is 348 g/mol. The van der Waals surface area contributed by atoms with Gasteiger partial charge in [-0.15, -0.1) is 0 Å². The number of hydrogen-bond donors (Lipinski definition) is 0. The molecule has 0 atom stereocenters. The van der Waals surface area contributed by atoms with Crippen molar-refractivity contribution in [3.8, 4) is 0 Å². The van der Waals surface area contributed by atoms with E-state index in [1.54, 1.807) is 27.7 Å². The number of nitro groups is 2. The van der Waals surface area contributed by atoms with Crippen LogP contribution in [-0.4, -0.2) is 30.9 Å². The van der Waals surface area contributed by atoms with Crippen LogP contribution in [0.2, 0.25) is 0 Å². The Kier molecular flexibility index (Phi) is 8.56. The predicted molar refractivity (Wildman–Crippen MR) is 86.3 cm³/mol. The fourth-order valence-electron chi connectivity index (χ4n) is 3.08. The molecule has 0 aliphatic rings. The fourth-order valence-corrected chi connectivity index (χ4v) is 3.08. The van der Waals surface area contributed by atoms with Gasteiger partial charge >= 0.3 is 11.3 Å². The van der Waals surface area contributed by atoms with Gasteiger partial charge in [0.2, 0.25) is 0 Å². The van der Waals surface area contributed by atoms with Crippen molar-refractivity contribution < 1.29 is 19.6 Å². The van der Waals surface area contributed by atoms with E-state index in [1.165, 1.54) is 0 Å².